The molecule has 8 nitrogen and oxygen atoms in total. The molecule has 9 heteroatoms. The Morgan fingerprint density at radius 2 is 1.96 bits per heavy atom. The zero-order chi connectivity index (χ0) is 19.5. The van der Waals surface area contributed by atoms with Crippen LogP contribution in [0.4, 0.5) is 11.5 Å². The van der Waals surface area contributed by atoms with Gasteiger partial charge in [-0.2, -0.15) is 0 Å². The summed E-state index contributed by atoms with van der Waals surface area (Å²) in [7, 11) is -3.49. The zero-order valence-corrected chi connectivity index (χ0v) is 15.9. The van der Waals surface area contributed by atoms with Crippen molar-refractivity contribution < 1.29 is 13.2 Å². The summed E-state index contributed by atoms with van der Waals surface area (Å²) in [4.78, 5) is 18.7. The number of hydrogen-bond acceptors (Lipinski definition) is 7. The van der Waals surface area contributed by atoms with Crippen molar-refractivity contribution >= 4 is 21.3 Å². The number of nitrogen functional groups attached to an aromatic ring is 2. The average molecular weight is 380 g/mol. The molecule has 142 valence electrons. The van der Waals surface area contributed by atoms with Gasteiger partial charge in [0, 0.05) is 0 Å². The van der Waals surface area contributed by atoms with E-state index in [0.29, 0.717) is 17.9 Å². The summed E-state index contributed by atoms with van der Waals surface area (Å²) >= 11 is 0. The van der Waals surface area contributed by atoms with Crippen LogP contribution in [0.3, 0.4) is 0 Å². The van der Waals surface area contributed by atoms with Crippen molar-refractivity contribution in [1.82, 2.24) is 9.97 Å². The minimum absolute atomic E-state index is 0.00935. The van der Waals surface area contributed by atoms with Gasteiger partial charge in [-0.1, -0.05) is 20.8 Å². The first kappa shape index (κ1) is 19.8. The van der Waals surface area contributed by atoms with Crippen LogP contribution in [0, 0.1) is 5.92 Å². The normalized spacial score (nSPS) is 11.7. The summed E-state index contributed by atoms with van der Waals surface area (Å²) in [5, 5.41) is 0. The first-order chi connectivity index (χ1) is 12.2. The second-order valence-electron chi connectivity index (χ2n) is 6.40. The Morgan fingerprint density at radius 3 is 2.54 bits per heavy atom. The van der Waals surface area contributed by atoms with E-state index in [4.69, 9.17) is 16.2 Å². The van der Waals surface area contributed by atoms with Crippen molar-refractivity contribution in [1.29, 1.82) is 0 Å². The number of nitrogens with one attached hydrogen (secondary N) is 1. The number of anilines is 2. The van der Waals surface area contributed by atoms with Gasteiger partial charge in [-0.3, -0.25) is 4.79 Å². The van der Waals surface area contributed by atoms with Gasteiger partial charge in [-0.25, -0.2) is 13.4 Å². The Kier molecular flexibility index (Phi) is 5.91. The Bertz CT molecular complexity index is 952. The van der Waals surface area contributed by atoms with E-state index in [1.807, 2.05) is 20.8 Å². The number of rotatable bonds is 7. The first-order valence-corrected chi connectivity index (χ1v) is 9.96. The predicted molar refractivity (Wildman–Crippen MR) is 102 cm³/mol. The number of ether oxygens (including phenoxy) is 1. The number of nitrogens with zero attached hydrogens (tertiary/aromatic N) is 1. The molecule has 0 saturated carbocycles. The van der Waals surface area contributed by atoms with E-state index >= 15 is 0 Å². The average Bonchev–Trinajstić information content (AvgIpc) is 2.56. The van der Waals surface area contributed by atoms with Gasteiger partial charge in [-0.05, 0) is 30.5 Å². The van der Waals surface area contributed by atoms with Crippen LogP contribution in [-0.4, -0.2) is 30.7 Å². The monoisotopic (exact) mass is 380 g/mol. The summed E-state index contributed by atoms with van der Waals surface area (Å²) in [6.07, 6.45) is 0.765. The molecular formula is C17H24N4O4S. The largest absolute Gasteiger partial charge is 0.493 e. The van der Waals surface area contributed by atoms with Crippen LogP contribution in [0.15, 0.2) is 27.9 Å². The van der Waals surface area contributed by atoms with Gasteiger partial charge in [0.15, 0.2) is 15.7 Å². The van der Waals surface area contributed by atoms with E-state index in [2.05, 4.69) is 9.97 Å². The molecule has 0 atom stereocenters. The summed E-state index contributed by atoms with van der Waals surface area (Å²) in [5.41, 5.74) is 10.8. The lowest BCUT2D eigenvalue weighted by molar-refractivity contribution is 0.318. The number of nitrogens with two attached hydrogens (primary N) is 2. The summed E-state index contributed by atoms with van der Waals surface area (Å²) in [6.45, 7) is 6.04. The van der Waals surface area contributed by atoms with E-state index in [9.17, 15) is 13.2 Å². The highest BCUT2D eigenvalue weighted by Gasteiger charge is 2.20. The molecule has 0 saturated heterocycles. The highest BCUT2D eigenvalue weighted by atomic mass is 32.2. The number of sulfone groups is 1. The third-order valence-electron chi connectivity index (χ3n) is 3.56. The van der Waals surface area contributed by atoms with Crippen LogP contribution in [0.25, 0.3) is 11.4 Å². The molecule has 0 aliphatic heterocycles. The van der Waals surface area contributed by atoms with Crippen LogP contribution in [0.1, 0.15) is 27.2 Å². The minimum Gasteiger partial charge on any atom is -0.493 e. The number of benzene rings is 1. The van der Waals surface area contributed by atoms with Gasteiger partial charge >= 0.3 is 0 Å². The molecule has 1 heterocycles. The SMILES string of the molecule is CCCOc1ccc(S(=O)(=O)CC(C)C)cc1-c1nc(N)c(N)c(=O)[nH]1. The third kappa shape index (κ3) is 4.34. The number of aromatic nitrogens is 2. The molecule has 0 unspecified atom stereocenters. The van der Waals surface area contributed by atoms with Crippen LogP contribution in [0.2, 0.25) is 0 Å². The molecular weight excluding hydrogens is 356 g/mol. The van der Waals surface area contributed by atoms with Crippen LogP contribution >= 0.6 is 0 Å². The Morgan fingerprint density at radius 1 is 1.27 bits per heavy atom. The van der Waals surface area contributed by atoms with Crippen molar-refractivity contribution in [2.24, 2.45) is 5.92 Å². The summed E-state index contributed by atoms with van der Waals surface area (Å²) in [5.74, 6) is 0.373. The van der Waals surface area contributed by atoms with Crippen LogP contribution in [0.5, 0.6) is 5.75 Å². The van der Waals surface area contributed by atoms with Crippen molar-refractivity contribution in [3.63, 3.8) is 0 Å². The molecule has 0 amide bonds. The van der Waals surface area contributed by atoms with Gasteiger partial charge < -0.3 is 21.2 Å². The van der Waals surface area contributed by atoms with E-state index in [0.717, 1.165) is 6.42 Å². The fourth-order valence-electron chi connectivity index (χ4n) is 2.39. The smallest absolute Gasteiger partial charge is 0.276 e. The molecule has 1 aromatic heterocycles. The predicted octanol–water partition coefficient (Wildman–Crippen LogP) is 1.82. The molecule has 0 aliphatic rings. The topological polar surface area (TPSA) is 141 Å². The quantitative estimate of drug-likeness (QED) is 0.665. The Labute approximate surface area is 152 Å². The van der Waals surface area contributed by atoms with Crippen LogP contribution < -0.4 is 21.8 Å². The number of hydrogen-bond donors (Lipinski definition) is 3. The molecule has 1 aromatic carbocycles. The standard InChI is InChI=1S/C17H24N4O4S/c1-4-7-25-13-6-5-11(26(23,24)9-10(2)3)8-12(13)16-20-15(19)14(18)17(22)21-16/h5-6,8,10H,4,7,9,18H2,1-3H3,(H3,19,20,21,22). The molecule has 0 fully saturated rings. The maximum atomic E-state index is 12.6. The minimum atomic E-state index is -3.49. The first-order valence-electron chi connectivity index (χ1n) is 8.31. The maximum Gasteiger partial charge on any atom is 0.276 e. The highest BCUT2D eigenvalue weighted by molar-refractivity contribution is 7.91. The summed E-state index contributed by atoms with van der Waals surface area (Å²) < 4.78 is 30.8. The summed E-state index contributed by atoms with van der Waals surface area (Å²) in [6, 6.07) is 4.49. The van der Waals surface area contributed by atoms with Crippen molar-refractivity contribution in [2.75, 3.05) is 23.8 Å². The zero-order valence-electron chi connectivity index (χ0n) is 15.1. The lowest BCUT2D eigenvalue weighted by Crippen LogP contribution is -2.17. The number of aromatic amines is 1. The van der Waals surface area contributed by atoms with Crippen LogP contribution in [-0.2, 0) is 9.84 Å². The van der Waals surface area contributed by atoms with Crippen molar-refractivity contribution in [3.8, 4) is 17.1 Å². The van der Waals surface area contributed by atoms with Gasteiger partial charge in [0.25, 0.3) is 5.56 Å². The van der Waals surface area contributed by atoms with E-state index < -0.39 is 15.4 Å². The lowest BCUT2D eigenvalue weighted by Gasteiger charge is -2.14. The lowest BCUT2D eigenvalue weighted by atomic mass is 10.2. The van der Waals surface area contributed by atoms with Crippen molar-refractivity contribution in [3.05, 3.63) is 28.6 Å². The molecule has 26 heavy (non-hydrogen) atoms. The highest BCUT2D eigenvalue weighted by Crippen LogP contribution is 2.31. The molecule has 2 aromatic rings. The second kappa shape index (κ2) is 7.77. The molecule has 0 aliphatic carbocycles. The van der Waals surface area contributed by atoms with Crippen molar-refractivity contribution in [2.45, 2.75) is 32.1 Å². The molecule has 5 N–H and O–H groups in total. The molecule has 0 bridgehead atoms. The van der Waals surface area contributed by atoms with Gasteiger partial charge in [0.1, 0.15) is 17.3 Å². The molecule has 2 rings (SSSR count). The fraction of sp³-hybridized carbons (Fsp3) is 0.412. The van der Waals surface area contributed by atoms with E-state index in [-0.39, 0.29) is 33.9 Å². The number of H-pyrrole nitrogens is 1. The van der Waals surface area contributed by atoms with E-state index in [1.165, 1.54) is 12.1 Å². The Balaban J connectivity index is 2.64. The fourth-order valence-corrected chi connectivity index (χ4v) is 4.03. The van der Waals surface area contributed by atoms with E-state index in [1.54, 1.807) is 6.07 Å². The van der Waals surface area contributed by atoms with Gasteiger partial charge in [-0.15, -0.1) is 0 Å². The maximum absolute atomic E-state index is 12.6. The molecule has 0 radical (unpaired) electrons. The molecule has 0 spiro atoms. The van der Waals surface area contributed by atoms with Gasteiger partial charge in [0.05, 0.1) is 22.8 Å². The third-order valence-corrected chi connectivity index (χ3v) is 5.64. The Hall–Kier alpha value is -2.55. The second-order valence-corrected chi connectivity index (χ2v) is 8.43. The van der Waals surface area contributed by atoms with Gasteiger partial charge in [0.2, 0.25) is 0 Å².